The molecule has 32 heavy (non-hydrogen) atoms. The van der Waals surface area contributed by atoms with Crippen LogP contribution in [0.1, 0.15) is 36.7 Å². The number of hydrogen-bond acceptors (Lipinski definition) is 9. The Kier molecular flexibility index (Phi) is 7.86. The number of thiophene rings is 1. The number of rotatable bonds is 9. The Morgan fingerprint density at radius 3 is 2.72 bits per heavy atom. The van der Waals surface area contributed by atoms with E-state index in [-0.39, 0.29) is 24.2 Å². The molecular weight excluding hydrogens is 448 g/mol. The van der Waals surface area contributed by atoms with Gasteiger partial charge in [0.2, 0.25) is 11.9 Å². The van der Waals surface area contributed by atoms with Gasteiger partial charge in [-0.15, -0.1) is 21.5 Å². The molecule has 3 rings (SSSR count). The van der Waals surface area contributed by atoms with Crippen molar-refractivity contribution in [1.82, 2.24) is 14.8 Å². The van der Waals surface area contributed by atoms with Crippen LogP contribution in [0.5, 0.6) is 0 Å². The lowest BCUT2D eigenvalue weighted by Gasteiger charge is -2.19. The molecule has 0 aliphatic carbocycles. The summed E-state index contributed by atoms with van der Waals surface area (Å²) in [5.41, 5.74) is 7.80. The number of benzene rings is 1. The molecule has 0 saturated carbocycles. The van der Waals surface area contributed by atoms with E-state index in [2.05, 4.69) is 15.5 Å². The zero-order valence-electron chi connectivity index (χ0n) is 17.6. The number of ether oxygens (including phenoxy) is 1. The first-order chi connectivity index (χ1) is 15.5. The summed E-state index contributed by atoms with van der Waals surface area (Å²) in [6.45, 7) is 3.77. The van der Waals surface area contributed by atoms with Crippen LogP contribution in [0.2, 0.25) is 0 Å². The van der Waals surface area contributed by atoms with Crippen molar-refractivity contribution < 1.29 is 14.3 Å². The van der Waals surface area contributed by atoms with Gasteiger partial charge in [0.15, 0.2) is 5.16 Å². The highest BCUT2D eigenvalue weighted by molar-refractivity contribution is 7.99. The molecule has 1 unspecified atom stereocenters. The molecule has 0 aliphatic rings. The van der Waals surface area contributed by atoms with Gasteiger partial charge in [0.05, 0.1) is 18.4 Å². The molecule has 0 fully saturated rings. The highest BCUT2D eigenvalue weighted by atomic mass is 32.2. The summed E-state index contributed by atoms with van der Waals surface area (Å²) >= 11 is 2.40. The Bertz CT molecular complexity index is 1140. The number of nitriles is 1. The Labute approximate surface area is 193 Å². The fourth-order valence-corrected chi connectivity index (χ4v) is 4.76. The third kappa shape index (κ3) is 4.92. The molecule has 0 aliphatic heterocycles. The van der Waals surface area contributed by atoms with Crippen LogP contribution in [0.4, 0.5) is 10.9 Å². The van der Waals surface area contributed by atoms with Gasteiger partial charge in [-0.25, -0.2) is 4.79 Å². The van der Waals surface area contributed by atoms with Gasteiger partial charge in [-0.1, -0.05) is 49.0 Å². The minimum atomic E-state index is -0.719. The van der Waals surface area contributed by atoms with Gasteiger partial charge in [-0.05, 0) is 18.9 Å². The smallest absolute Gasteiger partial charge is 0.341 e. The van der Waals surface area contributed by atoms with Gasteiger partial charge in [-0.2, -0.15) is 5.26 Å². The van der Waals surface area contributed by atoms with Crippen molar-refractivity contribution in [2.45, 2.75) is 31.5 Å². The number of hydrogen-bond donors (Lipinski definition) is 2. The SMILES string of the molecule is CCOC(=O)c1c(-c2ccccc2)csc1NC(=O)C(CC)n1c(N)nnc1SCC#N. The Morgan fingerprint density at radius 2 is 2.06 bits per heavy atom. The van der Waals surface area contributed by atoms with Crippen LogP contribution in [-0.4, -0.2) is 39.0 Å². The molecule has 0 spiro atoms. The minimum Gasteiger partial charge on any atom is -0.462 e. The average Bonchev–Trinajstić information content (AvgIpc) is 3.37. The number of carbonyl (C=O) groups is 2. The number of thioether (sulfide) groups is 1. The lowest BCUT2D eigenvalue weighted by Crippen LogP contribution is -2.27. The lowest BCUT2D eigenvalue weighted by atomic mass is 10.0. The minimum absolute atomic E-state index is 0.0780. The number of amides is 1. The first-order valence-corrected chi connectivity index (χ1v) is 11.7. The van der Waals surface area contributed by atoms with Crippen molar-refractivity contribution in [2.24, 2.45) is 0 Å². The molecule has 1 amide bonds. The van der Waals surface area contributed by atoms with Crippen molar-refractivity contribution in [3.05, 3.63) is 41.3 Å². The van der Waals surface area contributed by atoms with Gasteiger partial charge in [0, 0.05) is 10.9 Å². The summed E-state index contributed by atoms with van der Waals surface area (Å²) < 4.78 is 6.76. The number of anilines is 2. The van der Waals surface area contributed by atoms with Crippen molar-refractivity contribution in [1.29, 1.82) is 5.26 Å². The number of nitrogens with zero attached hydrogens (tertiary/aromatic N) is 4. The topological polar surface area (TPSA) is 136 Å². The van der Waals surface area contributed by atoms with Crippen LogP contribution in [0.3, 0.4) is 0 Å². The van der Waals surface area contributed by atoms with Crippen LogP contribution in [0, 0.1) is 11.3 Å². The van der Waals surface area contributed by atoms with E-state index in [0.717, 1.165) is 17.3 Å². The standard InChI is InChI=1S/C21H22N6O3S2/c1-3-15(27-20(23)25-26-21(27)31-11-10-22)17(28)24-18-16(19(29)30-4-2)14(12-32-18)13-8-6-5-7-9-13/h5-9,12,15H,3-4,11H2,1-2H3,(H2,23,25)(H,24,28). The quantitative estimate of drug-likeness (QED) is 0.354. The second kappa shape index (κ2) is 10.8. The van der Waals surface area contributed by atoms with Gasteiger partial charge in [-0.3, -0.25) is 9.36 Å². The number of aromatic nitrogens is 3. The molecule has 0 saturated heterocycles. The Morgan fingerprint density at radius 1 is 1.31 bits per heavy atom. The summed E-state index contributed by atoms with van der Waals surface area (Å²) in [6, 6.07) is 10.7. The van der Waals surface area contributed by atoms with Gasteiger partial charge in [0.25, 0.3) is 0 Å². The zero-order valence-corrected chi connectivity index (χ0v) is 19.2. The van der Waals surface area contributed by atoms with Crippen molar-refractivity contribution in [3.8, 4) is 17.2 Å². The molecule has 1 atom stereocenters. The predicted molar refractivity (Wildman–Crippen MR) is 124 cm³/mol. The van der Waals surface area contributed by atoms with Gasteiger partial charge >= 0.3 is 5.97 Å². The van der Waals surface area contributed by atoms with Gasteiger partial charge < -0.3 is 15.8 Å². The van der Waals surface area contributed by atoms with Crippen LogP contribution < -0.4 is 11.1 Å². The summed E-state index contributed by atoms with van der Waals surface area (Å²) in [6.07, 6.45) is 0.403. The second-order valence-corrected chi connectivity index (χ2v) is 8.33. The first-order valence-electron chi connectivity index (χ1n) is 9.86. The third-order valence-corrected chi connectivity index (χ3v) is 6.26. The number of esters is 1. The van der Waals surface area contributed by atoms with Crippen LogP contribution in [-0.2, 0) is 9.53 Å². The lowest BCUT2D eigenvalue weighted by molar-refractivity contribution is -0.119. The molecule has 166 valence electrons. The number of nitrogen functional groups attached to an aromatic ring is 1. The van der Waals surface area contributed by atoms with Crippen LogP contribution in [0.25, 0.3) is 11.1 Å². The summed E-state index contributed by atoms with van der Waals surface area (Å²) in [5.74, 6) is -0.654. The number of nitrogens with one attached hydrogen (secondary N) is 1. The maximum Gasteiger partial charge on any atom is 0.341 e. The first kappa shape index (κ1) is 23.3. The molecule has 9 nitrogen and oxygen atoms in total. The van der Waals surface area contributed by atoms with E-state index in [0.29, 0.717) is 27.7 Å². The maximum atomic E-state index is 13.2. The molecular formula is C21H22N6O3S2. The van der Waals surface area contributed by atoms with E-state index >= 15 is 0 Å². The van der Waals surface area contributed by atoms with E-state index in [1.807, 2.05) is 48.7 Å². The van der Waals surface area contributed by atoms with Gasteiger partial charge in [0.1, 0.15) is 16.6 Å². The highest BCUT2D eigenvalue weighted by Crippen LogP contribution is 2.37. The number of nitrogens with two attached hydrogens (primary N) is 1. The van der Waals surface area contributed by atoms with E-state index in [4.69, 9.17) is 15.7 Å². The largest absolute Gasteiger partial charge is 0.462 e. The summed E-state index contributed by atoms with van der Waals surface area (Å²) in [4.78, 5) is 26.0. The van der Waals surface area contributed by atoms with Crippen LogP contribution in [0.15, 0.2) is 40.9 Å². The van der Waals surface area contributed by atoms with E-state index in [1.54, 1.807) is 6.92 Å². The fraction of sp³-hybridized carbons (Fsp3) is 0.286. The second-order valence-electron chi connectivity index (χ2n) is 6.51. The third-order valence-electron chi connectivity index (χ3n) is 4.55. The predicted octanol–water partition coefficient (Wildman–Crippen LogP) is 3.97. The molecule has 2 aromatic heterocycles. The maximum absolute atomic E-state index is 13.2. The Balaban J connectivity index is 1.95. The molecule has 0 radical (unpaired) electrons. The van der Waals surface area contributed by atoms with Crippen LogP contribution >= 0.6 is 23.1 Å². The Hall–Kier alpha value is -3.36. The highest BCUT2D eigenvalue weighted by Gasteiger charge is 2.28. The summed E-state index contributed by atoms with van der Waals surface area (Å²) in [7, 11) is 0. The number of carbonyl (C=O) groups excluding carboxylic acids is 2. The normalized spacial score (nSPS) is 11.5. The monoisotopic (exact) mass is 470 g/mol. The average molecular weight is 471 g/mol. The molecule has 11 heteroatoms. The van der Waals surface area contributed by atoms with Crippen molar-refractivity contribution >= 4 is 45.9 Å². The summed E-state index contributed by atoms with van der Waals surface area (Å²) in [5, 5.41) is 22.1. The zero-order chi connectivity index (χ0) is 23.1. The van der Waals surface area contributed by atoms with E-state index in [1.165, 1.54) is 15.9 Å². The van der Waals surface area contributed by atoms with E-state index < -0.39 is 12.0 Å². The van der Waals surface area contributed by atoms with E-state index in [9.17, 15) is 9.59 Å². The van der Waals surface area contributed by atoms with Crippen molar-refractivity contribution in [2.75, 3.05) is 23.4 Å². The van der Waals surface area contributed by atoms with Crippen molar-refractivity contribution in [3.63, 3.8) is 0 Å². The molecule has 0 bridgehead atoms. The molecule has 3 aromatic rings. The fourth-order valence-electron chi connectivity index (χ4n) is 3.14. The molecule has 1 aromatic carbocycles. The molecule has 2 heterocycles. The molecule has 3 N–H and O–H groups in total.